The Hall–Kier alpha value is -4.90. The maximum atomic E-state index is 13.8. The highest BCUT2D eigenvalue weighted by molar-refractivity contribution is 9.10. The van der Waals surface area contributed by atoms with Crippen molar-refractivity contribution >= 4 is 44.9 Å². The van der Waals surface area contributed by atoms with Gasteiger partial charge >= 0.3 is 12.1 Å². The zero-order valence-electron chi connectivity index (χ0n) is 22.5. The Kier molecular flexibility index (Phi) is 8.63. The summed E-state index contributed by atoms with van der Waals surface area (Å²) in [5.74, 6) is -0.820. The molecule has 0 aliphatic carbocycles. The number of nitrogens with zero attached hydrogens (tertiary/aromatic N) is 1. The molecule has 1 heterocycles. The number of nitrogens with one attached hydrogen (secondary N) is 2. The highest BCUT2D eigenvalue weighted by Gasteiger charge is 2.34. The quantitative estimate of drug-likeness (QED) is 0.0771. The molecule has 5 aromatic rings. The number of hydrazone groups is 1. The number of hydrogen-bond acceptors (Lipinski definition) is 5. The van der Waals surface area contributed by atoms with Crippen molar-refractivity contribution in [1.82, 2.24) is 10.4 Å². The molecule has 0 saturated carbocycles. The van der Waals surface area contributed by atoms with Crippen LogP contribution in [0.2, 0.25) is 0 Å². The van der Waals surface area contributed by atoms with E-state index in [0.29, 0.717) is 28.9 Å². The van der Waals surface area contributed by atoms with Gasteiger partial charge in [-0.25, -0.2) is 10.2 Å². The summed E-state index contributed by atoms with van der Waals surface area (Å²) in [5.41, 5.74) is 2.99. The van der Waals surface area contributed by atoms with Crippen LogP contribution in [0.5, 0.6) is 11.5 Å². The first-order chi connectivity index (χ1) is 20.7. The summed E-state index contributed by atoms with van der Waals surface area (Å²) in [6.07, 6.45) is -3.28. The number of fused-ring (bicyclic) bond motifs is 1. The molecule has 218 valence electrons. The number of carbonyl (C=O) groups is 2. The number of hydrogen-bond donors (Lipinski definition) is 2. The number of aromatic amines is 1. The molecule has 0 fully saturated rings. The molecule has 0 radical (unpaired) electrons. The number of amides is 1. The van der Waals surface area contributed by atoms with Gasteiger partial charge in [0, 0.05) is 15.4 Å². The predicted octanol–water partition coefficient (Wildman–Crippen LogP) is 8.00. The number of ether oxygens (including phenoxy) is 2. The van der Waals surface area contributed by atoms with Crippen LogP contribution in [0.4, 0.5) is 13.2 Å². The number of alkyl halides is 3. The fraction of sp³-hybridized carbons (Fsp3) is 0.0938. The van der Waals surface area contributed by atoms with Gasteiger partial charge in [0.05, 0.1) is 29.5 Å². The lowest BCUT2D eigenvalue weighted by molar-refractivity contribution is -0.136. The van der Waals surface area contributed by atoms with E-state index in [1.54, 1.807) is 73.7 Å². The highest BCUT2D eigenvalue weighted by Crippen LogP contribution is 2.39. The van der Waals surface area contributed by atoms with E-state index in [1.807, 2.05) is 0 Å². The SMILES string of the molecule is CCOc1cc(C=NNC(=O)c2[nH]c3c(C(F)(F)F)cccc3c2-c2ccccc2)ccc1OC(=O)c1ccc(Br)cc1. The van der Waals surface area contributed by atoms with Gasteiger partial charge in [-0.05, 0) is 66.6 Å². The molecule has 0 bridgehead atoms. The Morgan fingerprint density at radius 1 is 0.953 bits per heavy atom. The minimum absolute atomic E-state index is 0.0692. The van der Waals surface area contributed by atoms with Gasteiger partial charge in [-0.2, -0.15) is 18.3 Å². The van der Waals surface area contributed by atoms with Crippen LogP contribution in [-0.4, -0.2) is 29.7 Å². The summed E-state index contributed by atoms with van der Waals surface area (Å²) in [6.45, 7) is 2.07. The monoisotopic (exact) mass is 649 g/mol. The molecule has 43 heavy (non-hydrogen) atoms. The molecule has 0 spiro atoms. The molecule has 1 amide bonds. The van der Waals surface area contributed by atoms with Crippen LogP contribution in [-0.2, 0) is 6.18 Å². The first kappa shape index (κ1) is 29.6. The predicted molar refractivity (Wildman–Crippen MR) is 161 cm³/mol. The van der Waals surface area contributed by atoms with Gasteiger partial charge in [0.1, 0.15) is 5.69 Å². The molecule has 0 atom stereocenters. The number of aromatic nitrogens is 1. The molecular weight excluding hydrogens is 627 g/mol. The van der Waals surface area contributed by atoms with Gasteiger partial charge in [0.25, 0.3) is 5.91 Å². The van der Waals surface area contributed by atoms with Crippen LogP contribution in [0.3, 0.4) is 0 Å². The molecule has 0 aliphatic rings. The zero-order chi connectivity index (χ0) is 30.6. The van der Waals surface area contributed by atoms with Crippen molar-refractivity contribution in [2.45, 2.75) is 13.1 Å². The number of carbonyl (C=O) groups excluding carboxylic acids is 2. The molecule has 2 N–H and O–H groups in total. The van der Waals surface area contributed by atoms with Crippen molar-refractivity contribution in [3.05, 3.63) is 118 Å². The van der Waals surface area contributed by atoms with E-state index >= 15 is 0 Å². The van der Waals surface area contributed by atoms with E-state index in [2.05, 4.69) is 31.4 Å². The van der Waals surface area contributed by atoms with Crippen LogP contribution in [0.15, 0.2) is 101 Å². The summed E-state index contributed by atoms with van der Waals surface area (Å²) in [4.78, 5) is 28.5. The fourth-order valence-corrected chi connectivity index (χ4v) is 4.72. The first-order valence-corrected chi connectivity index (χ1v) is 13.8. The fourth-order valence-electron chi connectivity index (χ4n) is 4.45. The van der Waals surface area contributed by atoms with E-state index in [4.69, 9.17) is 9.47 Å². The third kappa shape index (κ3) is 6.62. The number of rotatable bonds is 8. The molecule has 0 unspecified atom stereocenters. The molecule has 4 aromatic carbocycles. The van der Waals surface area contributed by atoms with Crippen LogP contribution >= 0.6 is 15.9 Å². The van der Waals surface area contributed by atoms with Crippen LogP contribution < -0.4 is 14.9 Å². The largest absolute Gasteiger partial charge is 0.490 e. The van der Waals surface area contributed by atoms with Crippen molar-refractivity contribution in [2.24, 2.45) is 5.10 Å². The zero-order valence-corrected chi connectivity index (χ0v) is 24.1. The number of H-pyrrole nitrogens is 1. The van der Waals surface area contributed by atoms with Gasteiger partial charge in [-0.3, -0.25) is 4.79 Å². The van der Waals surface area contributed by atoms with Crippen molar-refractivity contribution in [3.63, 3.8) is 0 Å². The van der Waals surface area contributed by atoms with Gasteiger partial charge in [0.2, 0.25) is 0 Å². The molecule has 11 heteroatoms. The van der Waals surface area contributed by atoms with Gasteiger partial charge in [0.15, 0.2) is 11.5 Å². The van der Waals surface area contributed by atoms with E-state index in [0.717, 1.165) is 10.5 Å². The van der Waals surface area contributed by atoms with Gasteiger partial charge < -0.3 is 14.5 Å². The van der Waals surface area contributed by atoms with Crippen LogP contribution in [0, 0.1) is 0 Å². The van der Waals surface area contributed by atoms with Gasteiger partial charge in [-0.15, -0.1) is 0 Å². The average molecular weight is 650 g/mol. The Balaban J connectivity index is 1.40. The molecule has 7 nitrogen and oxygen atoms in total. The molecule has 1 aromatic heterocycles. The van der Waals surface area contributed by atoms with E-state index in [9.17, 15) is 22.8 Å². The summed E-state index contributed by atoms with van der Waals surface area (Å²) < 4.78 is 53.2. The highest BCUT2D eigenvalue weighted by atomic mass is 79.9. The third-order valence-electron chi connectivity index (χ3n) is 6.36. The second kappa shape index (κ2) is 12.5. The Morgan fingerprint density at radius 2 is 1.70 bits per heavy atom. The lowest BCUT2D eigenvalue weighted by atomic mass is 10.0. The average Bonchev–Trinajstić information content (AvgIpc) is 3.38. The smallest absolute Gasteiger partial charge is 0.418 e. The third-order valence-corrected chi connectivity index (χ3v) is 6.89. The Morgan fingerprint density at radius 3 is 2.40 bits per heavy atom. The van der Waals surface area contributed by atoms with Crippen molar-refractivity contribution < 1.29 is 32.2 Å². The summed E-state index contributed by atoms with van der Waals surface area (Å²) in [6, 6.07) is 23.9. The van der Waals surface area contributed by atoms with Crippen molar-refractivity contribution in [1.29, 1.82) is 0 Å². The maximum absolute atomic E-state index is 13.8. The number of para-hydroxylation sites is 1. The number of halogens is 4. The van der Waals surface area contributed by atoms with E-state index in [-0.39, 0.29) is 28.1 Å². The summed E-state index contributed by atoms with van der Waals surface area (Å²) >= 11 is 3.32. The second-order valence-corrected chi connectivity index (χ2v) is 10.1. The maximum Gasteiger partial charge on any atom is 0.418 e. The number of benzene rings is 4. The van der Waals surface area contributed by atoms with Crippen LogP contribution in [0.1, 0.15) is 38.9 Å². The second-order valence-electron chi connectivity index (χ2n) is 9.20. The Bertz CT molecular complexity index is 1820. The molecule has 0 aliphatic heterocycles. The molecule has 0 saturated heterocycles. The summed E-state index contributed by atoms with van der Waals surface area (Å²) in [5, 5.41) is 4.26. The standard InChI is InChI=1S/C32H23BrF3N3O4/c1-2-42-26-17-19(11-16-25(26)43-31(41)21-12-14-22(33)15-13-21)18-37-39-30(40)29-27(20-7-4-3-5-8-20)23-9-6-10-24(28(23)38-29)32(34,35)36/h3-18,38H,2H2,1H3,(H,39,40). The molecular formula is C32H23BrF3N3O4. The van der Waals surface area contributed by atoms with Gasteiger partial charge in [-0.1, -0.05) is 58.4 Å². The van der Waals surface area contributed by atoms with Crippen molar-refractivity contribution in [3.8, 4) is 22.6 Å². The normalized spacial score (nSPS) is 11.6. The topological polar surface area (TPSA) is 92.8 Å². The molecule has 5 rings (SSSR count). The lowest BCUT2D eigenvalue weighted by Gasteiger charge is -2.11. The number of esters is 1. The summed E-state index contributed by atoms with van der Waals surface area (Å²) in [7, 11) is 0. The van der Waals surface area contributed by atoms with E-state index < -0.39 is 23.6 Å². The minimum Gasteiger partial charge on any atom is -0.490 e. The minimum atomic E-state index is -4.62. The van der Waals surface area contributed by atoms with E-state index in [1.165, 1.54) is 24.4 Å². The van der Waals surface area contributed by atoms with Crippen LogP contribution in [0.25, 0.3) is 22.0 Å². The van der Waals surface area contributed by atoms with Crippen molar-refractivity contribution in [2.75, 3.05) is 6.61 Å². The Labute approximate surface area is 252 Å². The lowest BCUT2D eigenvalue weighted by Crippen LogP contribution is -2.19. The first-order valence-electron chi connectivity index (χ1n) is 13.0.